The van der Waals surface area contributed by atoms with Crippen molar-refractivity contribution < 1.29 is 37.9 Å². The molecule has 9 nitrogen and oxygen atoms in total. The van der Waals surface area contributed by atoms with Crippen molar-refractivity contribution in [3.63, 3.8) is 0 Å². The summed E-state index contributed by atoms with van der Waals surface area (Å²) in [6, 6.07) is 9.80. The Morgan fingerprint density at radius 1 is 0.706 bits per heavy atom. The zero-order valence-corrected chi connectivity index (χ0v) is 18.5. The molecule has 7 rings (SSSR count). The number of ether oxygens (including phenoxy) is 8. The summed E-state index contributed by atoms with van der Waals surface area (Å²) in [7, 11) is 0. The minimum atomic E-state index is 0.121. The first-order valence-corrected chi connectivity index (χ1v) is 11.4. The van der Waals surface area contributed by atoms with Gasteiger partial charge < -0.3 is 37.9 Å². The van der Waals surface area contributed by atoms with Crippen molar-refractivity contribution in [2.75, 3.05) is 59.8 Å². The van der Waals surface area contributed by atoms with Gasteiger partial charge in [0.05, 0.1) is 13.2 Å². The van der Waals surface area contributed by atoms with Crippen LogP contribution in [0.1, 0.15) is 0 Å². The van der Waals surface area contributed by atoms with Gasteiger partial charge in [-0.25, -0.2) is 0 Å². The standard InChI is InChI=1S/C25H23NO8/c1-2-18-19(30-12-29-18)9-15(1)22-16-10-20-21(32-13-31-20)11-17(16)23(25-24(22)33-14-34-25)28-8-5-26-3-6-27-7-4-26/h1-2,9-11H,3-8,12-14H2. The maximum atomic E-state index is 6.36. The van der Waals surface area contributed by atoms with E-state index in [9.17, 15) is 0 Å². The summed E-state index contributed by atoms with van der Waals surface area (Å²) in [6.45, 7) is 5.16. The highest BCUT2D eigenvalue weighted by Gasteiger charge is 2.31. The molecule has 0 bridgehead atoms. The van der Waals surface area contributed by atoms with Crippen LogP contribution < -0.4 is 33.2 Å². The molecule has 0 unspecified atom stereocenters. The first-order chi connectivity index (χ1) is 16.8. The molecule has 4 aliphatic rings. The minimum absolute atomic E-state index is 0.121. The summed E-state index contributed by atoms with van der Waals surface area (Å²) in [6.07, 6.45) is 0. The van der Waals surface area contributed by atoms with E-state index >= 15 is 0 Å². The Bertz CT molecular complexity index is 1270. The first-order valence-electron chi connectivity index (χ1n) is 11.4. The molecule has 0 atom stereocenters. The van der Waals surface area contributed by atoms with Crippen molar-refractivity contribution in [1.29, 1.82) is 0 Å². The molecule has 0 saturated carbocycles. The second-order valence-corrected chi connectivity index (χ2v) is 8.39. The van der Waals surface area contributed by atoms with Gasteiger partial charge in [-0.1, -0.05) is 6.07 Å². The smallest absolute Gasteiger partial charge is 0.231 e. The fourth-order valence-electron chi connectivity index (χ4n) is 4.80. The molecule has 9 heteroatoms. The number of rotatable bonds is 5. The van der Waals surface area contributed by atoms with Crippen LogP contribution in [0.5, 0.6) is 40.2 Å². The zero-order chi connectivity index (χ0) is 22.5. The van der Waals surface area contributed by atoms with Crippen LogP contribution in [0.15, 0.2) is 30.3 Å². The van der Waals surface area contributed by atoms with E-state index in [1.807, 2.05) is 30.3 Å². The van der Waals surface area contributed by atoms with Crippen LogP contribution in [-0.2, 0) is 4.74 Å². The molecule has 1 saturated heterocycles. The molecular formula is C25H23NO8. The Kier molecular flexibility index (Phi) is 4.70. The fourth-order valence-corrected chi connectivity index (χ4v) is 4.80. The average molecular weight is 465 g/mol. The van der Waals surface area contributed by atoms with Gasteiger partial charge in [-0.15, -0.1) is 0 Å². The Morgan fingerprint density at radius 2 is 1.38 bits per heavy atom. The van der Waals surface area contributed by atoms with Gasteiger partial charge in [0.2, 0.25) is 26.1 Å². The Balaban J connectivity index is 1.35. The van der Waals surface area contributed by atoms with Crippen LogP contribution in [0.4, 0.5) is 0 Å². The van der Waals surface area contributed by atoms with E-state index in [4.69, 9.17) is 37.9 Å². The highest BCUT2D eigenvalue weighted by molar-refractivity contribution is 6.07. The number of morpholine rings is 1. The van der Waals surface area contributed by atoms with Gasteiger partial charge >= 0.3 is 0 Å². The fraction of sp³-hybridized carbons (Fsp3) is 0.360. The Hall–Kier alpha value is -3.56. The molecule has 3 aromatic carbocycles. The predicted octanol–water partition coefficient (Wildman–Crippen LogP) is 3.40. The van der Waals surface area contributed by atoms with Crippen molar-refractivity contribution >= 4 is 10.8 Å². The monoisotopic (exact) mass is 465 g/mol. The van der Waals surface area contributed by atoms with Crippen LogP contribution >= 0.6 is 0 Å². The molecule has 4 heterocycles. The summed E-state index contributed by atoms with van der Waals surface area (Å²) in [4.78, 5) is 2.33. The third-order valence-corrected chi connectivity index (χ3v) is 6.49. The molecule has 3 aromatic rings. The quantitative estimate of drug-likeness (QED) is 0.563. The van der Waals surface area contributed by atoms with Gasteiger partial charge in [0.15, 0.2) is 34.5 Å². The highest BCUT2D eigenvalue weighted by atomic mass is 16.7. The van der Waals surface area contributed by atoms with Crippen molar-refractivity contribution in [2.45, 2.75) is 0 Å². The SMILES string of the molecule is c1cc2c(cc1-c1c3c(c(OCCN4CCOCC4)c4cc5c(cc14)OCO5)OCO3)OCO2. The minimum Gasteiger partial charge on any atom is -0.488 e. The van der Waals surface area contributed by atoms with E-state index in [1.54, 1.807) is 0 Å². The number of hydrogen-bond donors (Lipinski definition) is 0. The molecule has 0 aromatic heterocycles. The third kappa shape index (κ3) is 3.23. The number of benzene rings is 3. The molecule has 0 amide bonds. The summed E-state index contributed by atoms with van der Waals surface area (Å²) >= 11 is 0. The van der Waals surface area contributed by atoms with E-state index < -0.39 is 0 Å². The van der Waals surface area contributed by atoms with Crippen molar-refractivity contribution in [2.24, 2.45) is 0 Å². The maximum Gasteiger partial charge on any atom is 0.231 e. The van der Waals surface area contributed by atoms with Crippen molar-refractivity contribution in [3.05, 3.63) is 30.3 Å². The third-order valence-electron chi connectivity index (χ3n) is 6.49. The summed E-state index contributed by atoms with van der Waals surface area (Å²) < 4.78 is 46.2. The molecule has 4 aliphatic heterocycles. The molecule has 34 heavy (non-hydrogen) atoms. The van der Waals surface area contributed by atoms with E-state index in [1.165, 1.54) is 0 Å². The van der Waals surface area contributed by atoms with Gasteiger partial charge in [0.1, 0.15) is 6.61 Å². The number of hydrogen-bond acceptors (Lipinski definition) is 9. The largest absolute Gasteiger partial charge is 0.488 e. The van der Waals surface area contributed by atoms with Crippen LogP contribution in [0.3, 0.4) is 0 Å². The Morgan fingerprint density at radius 3 is 2.21 bits per heavy atom. The maximum absolute atomic E-state index is 6.36. The van der Waals surface area contributed by atoms with E-state index in [2.05, 4.69) is 4.90 Å². The highest BCUT2D eigenvalue weighted by Crippen LogP contribution is 2.56. The van der Waals surface area contributed by atoms with Crippen LogP contribution in [0, 0.1) is 0 Å². The van der Waals surface area contributed by atoms with Gasteiger partial charge in [-0.2, -0.15) is 0 Å². The Labute approximate surface area is 195 Å². The molecule has 0 N–H and O–H groups in total. The summed E-state index contributed by atoms with van der Waals surface area (Å²) in [5, 5.41) is 1.80. The average Bonchev–Trinajstić information content (AvgIpc) is 3.63. The van der Waals surface area contributed by atoms with Gasteiger partial charge in [-0.05, 0) is 29.8 Å². The van der Waals surface area contributed by atoms with Crippen LogP contribution in [0.25, 0.3) is 21.9 Å². The second kappa shape index (κ2) is 8.03. The van der Waals surface area contributed by atoms with Gasteiger partial charge in [0, 0.05) is 36.0 Å². The van der Waals surface area contributed by atoms with Crippen molar-refractivity contribution in [1.82, 2.24) is 4.90 Å². The first kappa shape index (κ1) is 19.9. The molecule has 0 spiro atoms. The molecule has 0 aliphatic carbocycles. The predicted molar refractivity (Wildman–Crippen MR) is 121 cm³/mol. The zero-order valence-electron chi connectivity index (χ0n) is 18.5. The van der Waals surface area contributed by atoms with E-state index in [0.717, 1.165) is 60.5 Å². The van der Waals surface area contributed by atoms with Gasteiger partial charge in [0.25, 0.3) is 0 Å². The van der Waals surface area contributed by atoms with Crippen LogP contribution in [0.2, 0.25) is 0 Å². The topological polar surface area (TPSA) is 77.1 Å². The summed E-state index contributed by atoms with van der Waals surface area (Å²) in [5.74, 6) is 4.69. The molecular weight excluding hydrogens is 442 g/mol. The van der Waals surface area contributed by atoms with E-state index in [0.29, 0.717) is 41.1 Å². The molecule has 1 fully saturated rings. The lowest BCUT2D eigenvalue weighted by Gasteiger charge is -2.26. The van der Waals surface area contributed by atoms with Gasteiger partial charge in [-0.3, -0.25) is 4.90 Å². The number of nitrogens with zero attached hydrogens (tertiary/aromatic N) is 1. The normalized spacial score (nSPS) is 18.0. The second-order valence-electron chi connectivity index (χ2n) is 8.39. The molecule has 176 valence electrons. The lowest BCUT2D eigenvalue weighted by molar-refractivity contribution is 0.0321. The summed E-state index contributed by atoms with van der Waals surface area (Å²) in [5.41, 5.74) is 1.81. The lowest BCUT2D eigenvalue weighted by atomic mass is 9.95. The number of fused-ring (bicyclic) bond motifs is 4. The van der Waals surface area contributed by atoms with Crippen molar-refractivity contribution in [3.8, 4) is 51.4 Å². The molecule has 0 radical (unpaired) electrons. The van der Waals surface area contributed by atoms with Crippen LogP contribution in [-0.4, -0.2) is 64.7 Å². The van der Waals surface area contributed by atoms with E-state index in [-0.39, 0.29) is 20.4 Å². The lowest BCUT2D eigenvalue weighted by Crippen LogP contribution is -2.38.